The largest absolute Gasteiger partial charge is 0.508 e. The van der Waals surface area contributed by atoms with Gasteiger partial charge in [-0.15, -0.1) is 0 Å². The molecule has 4 rings (SSSR count). The summed E-state index contributed by atoms with van der Waals surface area (Å²) in [4.78, 5) is 3.51. The van der Waals surface area contributed by atoms with Crippen LogP contribution in [0.25, 0.3) is 22.2 Å². The van der Waals surface area contributed by atoms with Gasteiger partial charge in [-0.2, -0.15) is 22.0 Å². The van der Waals surface area contributed by atoms with E-state index in [1.807, 2.05) is 18.2 Å². The van der Waals surface area contributed by atoms with Gasteiger partial charge in [-0.3, -0.25) is 0 Å². The fraction of sp³-hybridized carbons (Fsp3) is 0.533. The van der Waals surface area contributed by atoms with E-state index in [9.17, 15) is 40.6 Å². The van der Waals surface area contributed by atoms with Gasteiger partial charge in [-0.05, 0) is 85.5 Å². The van der Waals surface area contributed by atoms with Crippen molar-refractivity contribution < 1.29 is 40.6 Å². The number of unbranched alkanes of at least 4 members (excludes halogenated alkanes) is 6. The van der Waals surface area contributed by atoms with Crippen molar-refractivity contribution in [1.29, 1.82) is 0 Å². The molecule has 0 radical (unpaired) electrons. The summed E-state index contributed by atoms with van der Waals surface area (Å²) in [5.74, 6) is -5.26. The summed E-state index contributed by atoms with van der Waals surface area (Å²) < 4.78 is 86.5. The minimum absolute atomic E-state index is 0.206. The Bertz CT molecular complexity index is 1460. The zero-order valence-corrected chi connectivity index (χ0v) is 23.6. The van der Waals surface area contributed by atoms with Crippen molar-refractivity contribution in [2.45, 2.75) is 89.1 Å². The number of aryl methyl sites for hydroxylation is 3. The van der Waals surface area contributed by atoms with Crippen LogP contribution in [-0.2, 0) is 29.1 Å². The molecule has 1 aliphatic carbocycles. The number of hydrogen-bond donors (Lipinski definition) is 3. The maximum Gasteiger partial charge on any atom is 0.453 e. The predicted octanol–water partition coefficient (Wildman–Crippen LogP) is 8.01. The number of aromatic amines is 1. The number of nitrogens with one attached hydrogen (secondary N) is 1. The number of phenolic OH excluding ortho intramolecular Hbond substituents is 2. The highest BCUT2D eigenvalue weighted by Crippen LogP contribution is 2.42. The number of alkyl halides is 5. The van der Waals surface area contributed by atoms with Gasteiger partial charge in [0.05, 0.1) is 17.2 Å². The van der Waals surface area contributed by atoms with Crippen molar-refractivity contribution in [3.05, 3.63) is 47.0 Å². The van der Waals surface area contributed by atoms with Crippen LogP contribution in [0.15, 0.2) is 30.3 Å². The fourth-order valence-electron chi connectivity index (χ4n) is 5.71. The topological polar surface area (TPSA) is 90.4 Å². The van der Waals surface area contributed by atoms with E-state index in [-0.39, 0.29) is 17.3 Å². The van der Waals surface area contributed by atoms with Crippen molar-refractivity contribution in [2.75, 3.05) is 11.5 Å². The van der Waals surface area contributed by atoms with Gasteiger partial charge >= 0.3 is 12.1 Å². The Morgan fingerprint density at radius 1 is 0.780 bits per heavy atom. The standard InChI is InChI=1S/C30H36F5NO4S/c31-29(32,30(33,34)35)14-8-16-41(39,40)15-7-5-3-1-2-4-6-9-20-17-23(38)18-21-10-12-24-25-19-22(37)11-13-26(25)36-28(24)27(20)21/h11,13,17-19,36-38H,1-10,12,14-16H2. The van der Waals surface area contributed by atoms with Crippen LogP contribution < -0.4 is 0 Å². The predicted molar refractivity (Wildman–Crippen MR) is 149 cm³/mol. The molecule has 0 amide bonds. The molecule has 3 N–H and O–H groups in total. The lowest BCUT2D eigenvalue weighted by atomic mass is 9.84. The molecule has 0 saturated heterocycles. The summed E-state index contributed by atoms with van der Waals surface area (Å²) in [6.07, 6.45) is 0.0932. The van der Waals surface area contributed by atoms with E-state index in [1.165, 1.54) is 5.56 Å². The van der Waals surface area contributed by atoms with Crippen LogP contribution in [0.5, 0.6) is 11.5 Å². The van der Waals surface area contributed by atoms with E-state index in [1.54, 1.807) is 12.1 Å². The Labute approximate surface area is 236 Å². The Kier molecular flexibility index (Phi) is 9.56. The van der Waals surface area contributed by atoms with E-state index < -0.39 is 40.5 Å². The lowest BCUT2D eigenvalue weighted by Gasteiger charge is -2.21. The van der Waals surface area contributed by atoms with Gasteiger partial charge in [0.15, 0.2) is 0 Å². The first-order valence-corrected chi connectivity index (χ1v) is 15.9. The molecule has 0 aliphatic heterocycles. The van der Waals surface area contributed by atoms with Crippen LogP contribution in [0.1, 0.15) is 74.5 Å². The molecule has 41 heavy (non-hydrogen) atoms. The van der Waals surface area contributed by atoms with Crippen LogP contribution >= 0.6 is 0 Å². The number of sulfone groups is 1. The first-order valence-electron chi connectivity index (χ1n) is 14.1. The molecule has 1 aromatic heterocycles. The Morgan fingerprint density at radius 3 is 2.15 bits per heavy atom. The molecule has 0 fully saturated rings. The fourth-order valence-corrected chi connectivity index (χ4v) is 7.14. The van der Waals surface area contributed by atoms with Gasteiger partial charge in [0.2, 0.25) is 0 Å². The molecule has 3 aromatic rings. The maximum atomic E-state index is 12.9. The Hall–Kier alpha value is -2.82. The second-order valence-corrected chi connectivity index (χ2v) is 13.3. The lowest BCUT2D eigenvalue weighted by molar-refractivity contribution is -0.284. The lowest BCUT2D eigenvalue weighted by Crippen LogP contribution is -2.36. The molecule has 1 aliphatic rings. The van der Waals surface area contributed by atoms with Gasteiger partial charge in [0.25, 0.3) is 0 Å². The molecule has 11 heteroatoms. The van der Waals surface area contributed by atoms with E-state index in [0.29, 0.717) is 12.8 Å². The van der Waals surface area contributed by atoms with E-state index in [4.69, 9.17) is 0 Å². The van der Waals surface area contributed by atoms with Crippen LogP contribution in [0, 0.1) is 0 Å². The summed E-state index contributed by atoms with van der Waals surface area (Å²) in [6, 6.07) is 8.96. The molecule has 0 bridgehead atoms. The number of fused-ring (bicyclic) bond motifs is 5. The summed E-state index contributed by atoms with van der Waals surface area (Å²) in [7, 11) is -3.66. The van der Waals surface area contributed by atoms with Gasteiger partial charge in [0, 0.05) is 22.9 Å². The highest BCUT2D eigenvalue weighted by molar-refractivity contribution is 7.91. The van der Waals surface area contributed by atoms with Crippen molar-refractivity contribution in [1.82, 2.24) is 4.98 Å². The zero-order chi connectivity index (χ0) is 29.8. The third-order valence-corrected chi connectivity index (χ3v) is 9.65. The average Bonchev–Trinajstić information content (AvgIpc) is 3.24. The Morgan fingerprint density at radius 2 is 1.44 bits per heavy atom. The average molecular weight is 602 g/mol. The number of benzene rings is 2. The summed E-state index contributed by atoms with van der Waals surface area (Å²) >= 11 is 0. The van der Waals surface area contributed by atoms with Crippen LogP contribution in [0.4, 0.5) is 22.0 Å². The van der Waals surface area contributed by atoms with Gasteiger partial charge in [0.1, 0.15) is 21.3 Å². The second kappa shape index (κ2) is 12.6. The van der Waals surface area contributed by atoms with Gasteiger partial charge in [-0.1, -0.05) is 32.1 Å². The van der Waals surface area contributed by atoms with Crippen molar-refractivity contribution in [2.24, 2.45) is 0 Å². The highest BCUT2D eigenvalue weighted by atomic mass is 32.2. The second-order valence-electron chi connectivity index (χ2n) is 11.0. The highest BCUT2D eigenvalue weighted by Gasteiger charge is 2.56. The van der Waals surface area contributed by atoms with E-state index in [0.717, 1.165) is 84.7 Å². The van der Waals surface area contributed by atoms with Crippen LogP contribution in [0.3, 0.4) is 0 Å². The third-order valence-electron chi connectivity index (χ3n) is 7.83. The molecular formula is C30H36F5NO4S. The summed E-state index contributed by atoms with van der Waals surface area (Å²) in [5, 5.41) is 21.3. The number of rotatable bonds is 14. The van der Waals surface area contributed by atoms with E-state index >= 15 is 0 Å². The third kappa shape index (κ3) is 7.72. The molecule has 2 aromatic carbocycles. The Balaban J connectivity index is 1.19. The van der Waals surface area contributed by atoms with Gasteiger partial charge < -0.3 is 15.2 Å². The number of halogens is 5. The minimum Gasteiger partial charge on any atom is -0.508 e. The van der Waals surface area contributed by atoms with Crippen LogP contribution in [0.2, 0.25) is 0 Å². The molecule has 1 heterocycles. The molecular weight excluding hydrogens is 565 g/mol. The summed E-state index contributed by atoms with van der Waals surface area (Å²) in [5.41, 5.74) is 6.50. The normalized spacial score (nSPS) is 13.9. The smallest absolute Gasteiger partial charge is 0.453 e. The SMILES string of the molecule is O=S(=O)(CCCCCCCCCc1cc(O)cc2c1-c1[nH]c3ccc(O)cc3c1CC2)CCCC(F)(F)C(F)(F)F. The monoisotopic (exact) mass is 601 g/mol. The number of aromatic hydroxyl groups is 2. The van der Waals surface area contributed by atoms with Gasteiger partial charge in [-0.25, -0.2) is 8.42 Å². The number of aromatic nitrogens is 1. The molecule has 0 saturated carbocycles. The van der Waals surface area contributed by atoms with Crippen molar-refractivity contribution >= 4 is 20.7 Å². The maximum absolute atomic E-state index is 12.9. The molecule has 5 nitrogen and oxygen atoms in total. The zero-order valence-electron chi connectivity index (χ0n) is 22.8. The summed E-state index contributed by atoms with van der Waals surface area (Å²) in [6.45, 7) is 0. The molecule has 226 valence electrons. The minimum atomic E-state index is -5.66. The number of phenols is 2. The number of hydrogen-bond acceptors (Lipinski definition) is 4. The van der Waals surface area contributed by atoms with Crippen molar-refractivity contribution in [3.63, 3.8) is 0 Å². The number of H-pyrrole nitrogens is 1. The molecule has 0 unspecified atom stereocenters. The van der Waals surface area contributed by atoms with Crippen LogP contribution in [-0.4, -0.2) is 47.2 Å². The molecule has 0 atom stereocenters. The van der Waals surface area contributed by atoms with E-state index in [2.05, 4.69) is 4.98 Å². The quantitative estimate of drug-likeness (QED) is 0.129. The molecule has 0 spiro atoms. The first-order chi connectivity index (χ1) is 19.3. The van der Waals surface area contributed by atoms with Crippen molar-refractivity contribution in [3.8, 4) is 22.8 Å². The first kappa shape index (κ1) is 31.1.